The highest BCUT2D eigenvalue weighted by atomic mass is 16.5. The van der Waals surface area contributed by atoms with Gasteiger partial charge in [-0.1, -0.05) is 55.1 Å². The molecule has 0 bridgehead atoms. The predicted octanol–water partition coefficient (Wildman–Crippen LogP) is 3.53. The molecular weight excluding hydrogens is 236 g/mol. The van der Waals surface area contributed by atoms with Crippen molar-refractivity contribution in [3.05, 3.63) is 72.3 Å². The van der Waals surface area contributed by atoms with Crippen molar-refractivity contribution in [3.63, 3.8) is 0 Å². The Hall–Kier alpha value is -2.35. The molecule has 0 N–H and O–H groups in total. The van der Waals surface area contributed by atoms with Gasteiger partial charge in [0, 0.05) is 12.0 Å². The summed E-state index contributed by atoms with van der Waals surface area (Å²) < 4.78 is 5.23. The number of fused-ring (bicyclic) bond motifs is 3. The van der Waals surface area contributed by atoms with Gasteiger partial charge in [0.15, 0.2) is 0 Å². The second-order valence-electron chi connectivity index (χ2n) is 4.56. The highest BCUT2D eigenvalue weighted by molar-refractivity contribution is 5.82. The molecule has 3 rings (SSSR count). The highest BCUT2D eigenvalue weighted by Crippen LogP contribution is 2.44. The molecule has 0 spiro atoms. The van der Waals surface area contributed by atoms with E-state index >= 15 is 0 Å². The van der Waals surface area contributed by atoms with Gasteiger partial charge in [-0.15, -0.1) is 0 Å². The van der Waals surface area contributed by atoms with Crippen LogP contribution in [0.15, 0.2) is 61.2 Å². The maximum atomic E-state index is 11.3. The Morgan fingerprint density at radius 2 is 1.58 bits per heavy atom. The first-order valence-corrected chi connectivity index (χ1v) is 6.28. The van der Waals surface area contributed by atoms with E-state index in [2.05, 4.69) is 30.8 Å². The van der Waals surface area contributed by atoms with Gasteiger partial charge in [0.05, 0.1) is 0 Å². The van der Waals surface area contributed by atoms with Crippen LogP contribution in [0.4, 0.5) is 0 Å². The van der Waals surface area contributed by atoms with Gasteiger partial charge in [-0.3, -0.25) is 0 Å². The van der Waals surface area contributed by atoms with E-state index in [0.717, 1.165) is 0 Å². The lowest BCUT2D eigenvalue weighted by Crippen LogP contribution is -2.10. The molecule has 0 aromatic heterocycles. The van der Waals surface area contributed by atoms with Crippen LogP contribution in [0.25, 0.3) is 11.1 Å². The number of esters is 1. The van der Waals surface area contributed by atoms with E-state index < -0.39 is 0 Å². The first-order valence-electron chi connectivity index (χ1n) is 6.28. The van der Waals surface area contributed by atoms with Crippen molar-refractivity contribution in [2.45, 2.75) is 5.92 Å². The van der Waals surface area contributed by atoms with E-state index in [9.17, 15) is 4.79 Å². The molecule has 2 nitrogen and oxygen atoms in total. The fraction of sp³-hybridized carbons (Fsp3) is 0.118. The number of benzene rings is 2. The van der Waals surface area contributed by atoms with Gasteiger partial charge >= 0.3 is 5.97 Å². The van der Waals surface area contributed by atoms with Gasteiger partial charge in [-0.2, -0.15) is 0 Å². The van der Waals surface area contributed by atoms with Crippen LogP contribution < -0.4 is 0 Å². The third-order valence-electron chi connectivity index (χ3n) is 3.52. The topological polar surface area (TPSA) is 26.3 Å². The number of carbonyl (C=O) groups is 1. The molecule has 0 radical (unpaired) electrons. The zero-order valence-electron chi connectivity index (χ0n) is 10.5. The first-order chi connectivity index (χ1) is 9.31. The zero-order chi connectivity index (χ0) is 13.2. The summed E-state index contributed by atoms with van der Waals surface area (Å²) in [5, 5.41) is 0. The van der Waals surface area contributed by atoms with Crippen LogP contribution in [0, 0.1) is 0 Å². The smallest absolute Gasteiger partial charge is 0.330 e. The maximum absolute atomic E-state index is 11.3. The number of rotatable bonds is 3. The third kappa shape index (κ3) is 1.95. The molecule has 0 amide bonds. The predicted molar refractivity (Wildman–Crippen MR) is 74.9 cm³/mol. The van der Waals surface area contributed by atoms with E-state index in [4.69, 9.17) is 4.74 Å². The van der Waals surface area contributed by atoms with E-state index in [-0.39, 0.29) is 11.9 Å². The lowest BCUT2D eigenvalue weighted by Gasteiger charge is -2.13. The van der Waals surface area contributed by atoms with Crippen molar-refractivity contribution < 1.29 is 9.53 Å². The van der Waals surface area contributed by atoms with Gasteiger partial charge in [0.1, 0.15) is 6.61 Å². The van der Waals surface area contributed by atoms with E-state index in [0.29, 0.717) is 6.61 Å². The monoisotopic (exact) mass is 250 g/mol. The van der Waals surface area contributed by atoms with E-state index in [1.165, 1.54) is 28.3 Å². The van der Waals surface area contributed by atoms with Crippen LogP contribution in [0.2, 0.25) is 0 Å². The highest BCUT2D eigenvalue weighted by Gasteiger charge is 2.28. The number of carbonyl (C=O) groups excluding carboxylic acids is 1. The van der Waals surface area contributed by atoms with Gasteiger partial charge < -0.3 is 4.74 Å². The summed E-state index contributed by atoms with van der Waals surface area (Å²) in [6.45, 7) is 3.78. The Kier molecular flexibility index (Phi) is 2.92. The Balaban J connectivity index is 2.00. The molecule has 94 valence electrons. The normalized spacial score (nSPS) is 12.6. The summed E-state index contributed by atoms with van der Waals surface area (Å²) in [6.07, 6.45) is 1.20. The van der Waals surface area contributed by atoms with E-state index in [1.807, 2.05) is 24.3 Å². The molecule has 0 unspecified atom stereocenters. The van der Waals surface area contributed by atoms with Crippen molar-refractivity contribution in [2.75, 3.05) is 6.61 Å². The second kappa shape index (κ2) is 4.73. The fourth-order valence-electron chi connectivity index (χ4n) is 2.66. The SMILES string of the molecule is C=CC(=O)OCC1c2ccccc2-c2ccccc21. The minimum Gasteiger partial charge on any atom is -0.462 e. The summed E-state index contributed by atoms with van der Waals surface area (Å²) in [7, 11) is 0. The largest absolute Gasteiger partial charge is 0.462 e. The Bertz CT molecular complexity index is 598. The molecule has 0 aliphatic heterocycles. The van der Waals surface area contributed by atoms with Gasteiger partial charge in [-0.05, 0) is 22.3 Å². The molecule has 2 aromatic carbocycles. The zero-order valence-corrected chi connectivity index (χ0v) is 10.5. The van der Waals surface area contributed by atoms with Crippen LogP contribution in [0.1, 0.15) is 17.0 Å². The van der Waals surface area contributed by atoms with Crippen molar-refractivity contribution >= 4 is 5.97 Å². The van der Waals surface area contributed by atoms with Gasteiger partial charge in [0.25, 0.3) is 0 Å². The summed E-state index contributed by atoms with van der Waals surface area (Å²) in [5.74, 6) is -0.252. The Labute approximate surface area is 112 Å². The summed E-state index contributed by atoms with van der Waals surface area (Å²) in [5.41, 5.74) is 4.91. The number of ether oxygens (including phenoxy) is 1. The van der Waals surface area contributed by atoms with Crippen molar-refractivity contribution in [2.24, 2.45) is 0 Å². The molecular formula is C17H14O2. The fourth-order valence-corrected chi connectivity index (χ4v) is 2.66. The Morgan fingerprint density at radius 3 is 2.11 bits per heavy atom. The third-order valence-corrected chi connectivity index (χ3v) is 3.52. The molecule has 1 aliphatic rings. The van der Waals surface area contributed by atoms with Crippen LogP contribution in [-0.4, -0.2) is 12.6 Å². The lowest BCUT2D eigenvalue weighted by atomic mass is 9.98. The van der Waals surface area contributed by atoms with Gasteiger partial charge in [0.2, 0.25) is 0 Å². The van der Waals surface area contributed by atoms with Crippen molar-refractivity contribution in [1.82, 2.24) is 0 Å². The number of hydrogen-bond acceptors (Lipinski definition) is 2. The molecule has 0 heterocycles. The summed E-state index contributed by atoms with van der Waals surface area (Å²) in [4.78, 5) is 11.3. The maximum Gasteiger partial charge on any atom is 0.330 e. The molecule has 0 saturated carbocycles. The molecule has 2 heteroatoms. The van der Waals surface area contributed by atoms with Crippen molar-refractivity contribution in [3.8, 4) is 11.1 Å². The number of hydrogen-bond donors (Lipinski definition) is 0. The van der Waals surface area contributed by atoms with Gasteiger partial charge in [-0.25, -0.2) is 4.79 Å². The van der Waals surface area contributed by atoms with Crippen LogP contribution in [-0.2, 0) is 9.53 Å². The molecule has 1 aliphatic carbocycles. The summed E-state index contributed by atoms with van der Waals surface area (Å²) >= 11 is 0. The average molecular weight is 250 g/mol. The molecule has 2 aromatic rings. The minimum atomic E-state index is -0.373. The average Bonchev–Trinajstić information content (AvgIpc) is 2.79. The second-order valence-corrected chi connectivity index (χ2v) is 4.56. The Morgan fingerprint density at radius 1 is 1.05 bits per heavy atom. The molecule has 19 heavy (non-hydrogen) atoms. The molecule has 0 saturated heterocycles. The summed E-state index contributed by atoms with van der Waals surface area (Å²) in [6, 6.07) is 16.5. The standard InChI is InChI=1S/C17H14O2/c1-2-17(18)19-11-16-14-9-5-3-7-12(14)13-8-4-6-10-15(13)16/h2-10,16H,1,11H2. The van der Waals surface area contributed by atoms with Crippen molar-refractivity contribution in [1.29, 1.82) is 0 Å². The van der Waals surface area contributed by atoms with E-state index in [1.54, 1.807) is 0 Å². The van der Waals surface area contributed by atoms with Crippen LogP contribution >= 0.6 is 0 Å². The van der Waals surface area contributed by atoms with Crippen LogP contribution in [0.3, 0.4) is 0 Å². The lowest BCUT2D eigenvalue weighted by molar-refractivity contribution is -0.137. The molecule has 0 fully saturated rings. The first kappa shape index (κ1) is 11.7. The quantitative estimate of drug-likeness (QED) is 0.615. The minimum absolute atomic E-state index is 0.122. The van der Waals surface area contributed by atoms with Crippen LogP contribution in [0.5, 0.6) is 0 Å². The molecule has 0 atom stereocenters.